The molecule has 4 aromatic rings. The summed E-state index contributed by atoms with van der Waals surface area (Å²) < 4.78 is 12.3. The van der Waals surface area contributed by atoms with Gasteiger partial charge in [-0.05, 0) is 61.4 Å². The number of aromatic nitrogens is 2. The Labute approximate surface area is 210 Å². The number of carbonyl (C=O) groups excluding carboxylic acids is 1. The lowest BCUT2D eigenvalue weighted by atomic mass is 10.0. The molecule has 1 aromatic heterocycles. The topological polar surface area (TPSA) is 73.7 Å². The molecule has 0 aliphatic carbocycles. The number of hydrogen-bond donors (Lipinski definition) is 0. The Morgan fingerprint density at radius 3 is 2.36 bits per heavy atom. The Hall–Kier alpha value is -3.97. The predicted molar refractivity (Wildman–Crippen MR) is 141 cm³/mol. The number of para-hydroxylation sites is 1. The fraction of sp³-hybridized carbons (Fsp3) is 0.276. The first-order chi connectivity index (χ1) is 17.5. The molecule has 0 saturated heterocycles. The lowest BCUT2D eigenvalue weighted by Gasteiger charge is -2.32. The number of amides is 1. The van der Waals surface area contributed by atoms with E-state index < -0.39 is 6.04 Å². The molecule has 1 atom stereocenters. The van der Waals surface area contributed by atoms with Gasteiger partial charge >= 0.3 is 0 Å². The van der Waals surface area contributed by atoms with E-state index >= 15 is 0 Å². The maximum absolute atomic E-state index is 13.9. The molecule has 0 bridgehead atoms. The highest BCUT2D eigenvalue weighted by atomic mass is 16.5. The van der Waals surface area contributed by atoms with Gasteiger partial charge in [0.15, 0.2) is 0 Å². The molecule has 1 unspecified atom stereocenters. The van der Waals surface area contributed by atoms with Gasteiger partial charge in [-0.1, -0.05) is 37.3 Å². The van der Waals surface area contributed by atoms with Crippen molar-refractivity contribution in [1.29, 1.82) is 0 Å². The van der Waals surface area contributed by atoms with Crippen LogP contribution in [0.3, 0.4) is 0 Å². The fourth-order valence-electron chi connectivity index (χ4n) is 4.45. The molecule has 0 saturated carbocycles. The Balaban J connectivity index is 1.94. The number of ether oxygens (including phenoxy) is 2. The van der Waals surface area contributed by atoms with Crippen LogP contribution in [0.15, 0.2) is 77.6 Å². The summed E-state index contributed by atoms with van der Waals surface area (Å²) in [5.41, 5.74) is 2.57. The predicted octanol–water partition coefficient (Wildman–Crippen LogP) is 4.94. The van der Waals surface area contributed by atoms with Crippen molar-refractivity contribution in [2.24, 2.45) is 0 Å². The average Bonchev–Trinajstić information content (AvgIpc) is 2.91. The van der Waals surface area contributed by atoms with Gasteiger partial charge in [0.25, 0.3) is 11.5 Å². The van der Waals surface area contributed by atoms with Crippen molar-refractivity contribution < 1.29 is 14.3 Å². The molecule has 0 spiro atoms. The number of hydrogen-bond acceptors (Lipinski definition) is 5. The number of carbonyl (C=O) groups is 1. The molecule has 186 valence electrons. The zero-order valence-electron chi connectivity index (χ0n) is 21.1. The number of fused-ring (bicyclic) bond motifs is 1. The molecule has 0 aliphatic rings. The number of benzene rings is 3. The van der Waals surface area contributed by atoms with Crippen molar-refractivity contribution in [1.82, 2.24) is 14.5 Å². The number of methoxy groups -OCH3 is 2. The van der Waals surface area contributed by atoms with Crippen LogP contribution >= 0.6 is 0 Å². The first kappa shape index (κ1) is 25.1. The zero-order chi connectivity index (χ0) is 25.7. The molecule has 7 nitrogen and oxygen atoms in total. The van der Waals surface area contributed by atoms with Crippen molar-refractivity contribution in [3.8, 4) is 11.4 Å². The molecule has 0 radical (unpaired) electrons. The highest BCUT2D eigenvalue weighted by molar-refractivity contribution is 5.96. The lowest BCUT2D eigenvalue weighted by molar-refractivity contribution is 0.0579. The summed E-state index contributed by atoms with van der Waals surface area (Å²) in [6.45, 7) is 4.63. The van der Waals surface area contributed by atoms with Crippen LogP contribution in [0.1, 0.15) is 41.1 Å². The van der Waals surface area contributed by atoms with E-state index in [0.717, 1.165) is 5.56 Å². The van der Waals surface area contributed by atoms with E-state index in [4.69, 9.17) is 14.5 Å². The molecule has 0 aliphatic heterocycles. The summed E-state index contributed by atoms with van der Waals surface area (Å²) in [4.78, 5) is 34.4. The monoisotopic (exact) mass is 485 g/mol. The van der Waals surface area contributed by atoms with Crippen LogP contribution in [0.25, 0.3) is 16.6 Å². The number of nitrogens with zero attached hydrogens (tertiary/aromatic N) is 3. The molecule has 0 N–H and O–H groups in total. The van der Waals surface area contributed by atoms with Crippen molar-refractivity contribution in [2.45, 2.75) is 26.3 Å². The second kappa shape index (κ2) is 11.2. The van der Waals surface area contributed by atoms with E-state index in [1.165, 1.54) is 0 Å². The Morgan fingerprint density at radius 2 is 1.69 bits per heavy atom. The van der Waals surface area contributed by atoms with Crippen LogP contribution in [0.5, 0.6) is 5.75 Å². The van der Waals surface area contributed by atoms with Crippen LogP contribution < -0.4 is 10.3 Å². The summed E-state index contributed by atoms with van der Waals surface area (Å²) in [6, 6.07) is 21.6. The SMILES string of the molecule is CCC(c1nc2ccccc2c(=O)n1-c1ccc(OC)cc1)N(CCOC)C(=O)c1ccccc1C. The van der Waals surface area contributed by atoms with E-state index in [9.17, 15) is 9.59 Å². The third-order valence-corrected chi connectivity index (χ3v) is 6.37. The third-order valence-electron chi connectivity index (χ3n) is 6.37. The second-order valence-electron chi connectivity index (χ2n) is 8.56. The van der Waals surface area contributed by atoms with Crippen molar-refractivity contribution in [3.05, 3.63) is 100 Å². The Bertz CT molecular complexity index is 1410. The van der Waals surface area contributed by atoms with Crippen LogP contribution in [-0.2, 0) is 4.74 Å². The molecule has 0 fully saturated rings. The fourth-order valence-corrected chi connectivity index (χ4v) is 4.45. The van der Waals surface area contributed by atoms with Gasteiger partial charge in [0, 0.05) is 19.2 Å². The third kappa shape index (κ3) is 4.88. The zero-order valence-corrected chi connectivity index (χ0v) is 21.1. The molecule has 1 amide bonds. The minimum absolute atomic E-state index is 0.124. The van der Waals surface area contributed by atoms with Gasteiger partial charge < -0.3 is 14.4 Å². The van der Waals surface area contributed by atoms with Crippen molar-refractivity contribution >= 4 is 16.8 Å². The van der Waals surface area contributed by atoms with Crippen molar-refractivity contribution in [3.63, 3.8) is 0 Å². The van der Waals surface area contributed by atoms with E-state index in [1.54, 1.807) is 29.8 Å². The van der Waals surface area contributed by atoms with Crippen LogP contribution in [0.4, 0.5) is 0 Å². The van der Waals surface area contributed by atoms with Crippen LogP contribution in [0.2, 0.25) is 0 Å². The van der Waals surface area contributed by atoms with Crippen molar-refractivity contribution in [2.75, 3.05) is 27.4 Å². The average molecular weight is 486 g/mol. The molecule has 4 rings (SSSR count). The summed E-state index contributed by atoms with van der Waals surface area (Å²) in [7, 11) is 3.21. The van der Waals surface area contributed by atoms with Crippen LogP contribution in [0, 0.1) is 6.92 Å². The van der Waals surface area contributed by atoms with Gasteiger partial charge in [0.2, 0.25) is 0 Å². The van der Waals surface area contributed by atoms with Gasteiger partial charge in [-0.15, -0.1) is 0 Å². The van der Waals surface area contributed by atoms with E-state index in [0.29, 0.717) is 53.3 Å². The normalized spacial score (nSPS) is 11.9. The Morgan fingerprint density at radius 1 is 1.00 bits per heavy atom. The molecular formula is C29H31N3O4. The minimum atomic E-state index is -0.466. The summed E-state index contributed by atoms with van der Waals surface area (Å²) in [6.07, 6.45) is 0.558. The second-order valence-corrected chi connectivity index (χ2v) is 8.56. The standard InChI is InChI=1S/C29H31N3O4/c1-5-26(31(18-19-35-3)28(33)23-11-7-6-10-20(23)2)27-30-25-13-9-8-12-24(25)29(34)32(27)21-14-16-22(36-4)17-15-21/h6-17,26H,5,18-19H2,1-4H3. The molecule has 1 heterocycles. The maximum atomic E-state index is 13.9. The van der Waals surface area contributed by atoms with Gasteiger partial charge in [0.05, 0.1) is 36.3 Å². The molecule has 3 aromatic carbocycles. The van der Waals surface area contributed by atoms with E-state index in [2.05, 4.69) is 0 Å². The van der Waals surface area contributed by atoms with Gasteiger partial charge in [-0.25, -0.2) is 4.98 Å². The first-order valence-electron chi connectivity index (χ1n) is 12.0. The lowest BCUT2D eigenvalue weighted by Crippen LogP contribution is -2.40. The molecule has 36 heavy (non-hydrogen) atoms. The quantitative estimate of drug-likeness (QED) is 0.336. The van der Waals surface area contributed by atoms with Gasteiger partial charge in [0.1, 0.15) is 11.6 Å². The van der Waals surface area contributed by atoms with Crippen LogP contribution in [-0.4, -0.2) is 47.7 Å². The number of aryl methyl sites for hydroxylation is 1. The molecular weight excluding hydrogens is 454 g/mol. The first-order valence-corrected chi connectivity index (χ1v) is 12.0. The summed E-state index contributed by atoms with van der Waals surface area (Å²) in [5.74, 6) is 1.07. The minimum Gasteiger partial charge on any atom is -0.497 e. The summed E-state index contributed by atoms with van der Waals surface area (Å²) in [5, 5.41) is 0.514. The summed E-state index contributed by atoms with van der Waals surface area (Å²) >= 11 is 0. The molecule has 7 heteroatoms. The van der Waals surface area contributed by atoms with Gasteiger partial charge in [-0.3, -0.25) is 14.2 Å². The number of rotatable bonds is 9. The largest absolute Gasteiger partial charge is 0.497 e. The highest BCUT2D eigenvalue weighted by Gasteiger charge is 2.30. The van der Waals surface area contributed by atoms with Gasteiger partial charge in [-0.2, -0.15) is 0 Å². The Kier molecular flexibility index (Phi) is 7.80. The maximum Gasteiger partial charge on any atom is 0.266 e. The highest BCUT2D eigenvalue weighted by Crippen LogP contribution is 2.28. The van der Waals surface area contributed by atoms with E-state index in [-0.39, 0.29) is 11.5 Å². The smallest absolute Gasteiger partial charge is 0.266 e. The van der Waals surface area contributed by atoms with E-state index in [1.807, 2.05) is 80.6 Å².